The highest BCUT2D eigenvalue weighted by molar-refractivity contribution is 5.86. The van der Waals surface area contributed by atoms with Crippen molar-refractivity contribution in [2.75, 3.05) is 0 Å². The highest BCUT2D eigenvalue weighted by Gasteiger charge is 2.20. The maximum absolute atomic E-state index is 2.41. The molecule has 1 aliphatic carbocycles. The first kappa shape index (κ1) is 16.1. The van der Waals surface area contributed by atoms with Gasteiger partial charge in [0.15, 0.2) is 0 Å². The Bertz CT molecular complexity index is 711. The third-order valence-electron chi connectivity index (χ3n) is 4.94. The van der Waals surface area contributed by atoms with Crippen molar-refractivity contribution in [1.82, 2.24) is 0 Å². The first-order chi connectivity index (χ1) is 11.2. The molecule has 0 spiro atoms. The third-order valence-corrected chi connectivity index (χ3v) is 4.94. The molecular formula is C23H28. The molecule has 0 heteroatoms. The van der Waals surface area contributed by atoms with E-state index < -0.39 is 0 Å². The molecule has 2 aromatic carbocycles. The van der Waals surface area contributed by atoms with Crippen molar-refractivity contribution in [3.05, 3.63) is 75.9 Å². The van der Waals surface area contributed by atoms with Crippen LogP contribution in [0.5, 0.6) is 0 Å². The van der Waals surface area contributed by atoms with Crippen LogP contribution in [0.2, 0.25) is 0 Å². The number of rotatable bonds is 4. The smallest absolute Gasteiger partial charge is 0.0114 e. The summed E-state index contributed by atoms with van der Waals surface area (Å²) in [5.74, 6) is 0. The molecule has 0 atom stereocenters. The lowest BCUT2D eigenvalue weighted by Gasteiger charge is -2.18. The Morgan fingerprint density at radius 3 is 2.17 bits per heavy atom. The lowest BCUT2D eigenvalue weighted by atomic mass is 9.86. The van der Waals surface area contributed by atoms with Crippen LogP contribution in [-0.2, 0) is 12.8 Å². The lowest BCUT2D eigenvalue weighted by molar-refractivity contribution is 0.806. The van der Waals surface area contributed by atoms with Crippen LogP contribution in [0, 0.1) is 6.92 Å². The van der Waals surface area contributed by atoms with Gasteiger partial charge in [0.2, 0.25) is 0 Å². The maximum Gasteiger partial charge on any atom is -0.0114 e. The monoisotopic (exact) mass is 304 g/mol. The van der Waals surface area contributed by atoms with Gasteiger partial charge in [-0.1, -0.05) is 80.3 Å². The fourth-order valence-corrected chi connectivity index (χ4v) is 3.90. The van der Waals surface area contributed by atoms with E-state index in [0.29, 0.717) is 0 Å². The largest absolute Gasteiger partial charge is 0.0651 e. The average molecular weight is 304 g/mol. The number of aryl methyl sites for hydroxylation is 3. The van der Waals surface area contributed by atoms with E-state index in [-0.39, 0.29) is 0 Å². The molecule has 120 valence electrons. The molecule has 0 saturated carbocycles. The summed E-state index contributed by atoms with van der Waals surface area (Å²) in [6.45, 7) is 6.82. The molecule has 0 nitrogen and oxygen atoms in total. The fourth-order valence-electron chi connectivity index (χ4n) is 3.90. The summed E-state index contributed by atoms with van der Waals surface area (Å²) in [5.41, 5.74) is 10.6. The van der Waals surface area contributed by atoms with Crippen LogP contribution in [-0.4, -0.2) is 0 Å². The summed E-state index contributed by atoms with van der Waals surface area (Å²) >= 11 is 0. The normalized spacial score (nSPS) is 13.3. The van der Waals surface area contributed by atoms with Gasteiger partial charge in [-0.25, -0.2) is 0 Å². The second-order valence-electron chi connectivity index (χ2n) is 6.80. The van der Waals surface area contributed by atoms with E-state index >= 15 is 0 Å². The van der Waals surface area contributed by atoms with Gasteiger partial charge in [0.25, 0.3) is 0 Å². The van der Waals surface area contributed by atoms with E-state index in [1.807, 2.05) is 0 Å². The summed E-state index contributed by atoms with van der Waals surface area (Å²) in [6.07, 6.45) is 7.18. The predicted octanol–water partition coefficient (Wildman–Crippen LogP) is 6.50. The van der Waals surface area contributed by atoms with Crippen molar-refractivity contribution in [2.24, 2.45) is 0 Å². The number of benzene rings is 2. The third kappa shape index (κ3) is 3.27. The number of allylic oxidation sites excluding steroid dienone is 1. The molecule has 0 aromatic heterocycles. The van der Waals surface area contributed by atoms with Gasteiger partial charge in [-0.05, 0) is 60.4 Å². The second kappa shape index (κ2) is 7.17. The molecule has 0 unspecified atom stereocenters. The number of fused-ring (bicyclic) bond motifs is 2. The molecule has 0 fully saturated rings. The molecule has 0 bridgehead atoms. The average Bonchev–Trinajstić information content (AvgIpc) is 2.71. The van der Waals surface area contributed by atoms with Crippen molar-refractivity contribution >= 4 is 5.57 Å². The topological polar surface area (TPSA) is 0 Å². The van der Waals surface area contributed by atoms with Gasteiger partial charge in [-0.15, -0.1) is 0 Å². The summed E-state index contributed by atoms with van der Waals surface area (Å²) in [4.78, 5) is 0. The van der Waals surface area contributed by atoms with Crippen molar-refractivity contribution in [2.45, 2.75) is 59.3 Å². The molecule has 1 aliphatic rings. The minimum Gasteiger partial charge on any atom is -0.0651 e. The Morgan fingerprint density at radius 1 is 0.826 bits per heavy atom. The van der Waals surface area contributed by atoms with Gasteiger partial charge in [0.05, 0.1) is 0 Å². The van der Waals surface area contributed by atoms with E-state index in [9.17, 15) is 0 Å². The molecule has 3 rings (SSSR count). The standard InChI is InChI=1S/C23H28/c1-4-8-20(9-5-2)23-21-11-7-6-10-18(21)14-15-19-13-12-17(3)16-22(19)23/h6-7,10-13,16H,4-5,8-9,14-15H2,1-3H3. The van der Waals surface area contributed by atoms with Gasteiger partial charge in [-0.2, -0.15) is 0 Å². The molecule has 0 N–H and O–H groups in total. The molecule has 0 radical (unpaired) electrons. The molecular weight excluding hydrogens is 276 g/mol. The Morgan fingerprint density at radius 2 is 1.48 bits per heavy atom. The van der Waals surface area contributed by atoms with Gasteiger partial charge in [-0.3, -0.25) is 0 Å². The Kier molecular flexibility index (Phi) is 5.00. The van der Waals surface area contributed by atoms with E-state index in [4.69, 9.17) is 0 Å². The van der Waals surface area contributed by atoms with Crippen LogP contribution in [0.3, 0.4) is 0 Å². The predicted molar refractivity (Wildman–Crippen MR) is 101 cm³/mol. The lowest BCUT2D eigenvalue weighted by Crippen LogP contribution is -1.99. The Balaban J connectivity index is 2.30. The summed E-state index contributed by atoms with van der Waals surface area (Å²) in [5, 5.41) is 0. The van der Waals surface area contributed by atoms with Crippen LogP contribution in [0.1, 0.15) is 67.3 Å². The van der Waals surface area contributed by atoms with Gasteiger partial charge < -0.3 is 0 Å². The first-order valence-electron chi connectivity index (χ1n) is 9.14. The summed E-state index contributed by atoms with van der Waals surface area (Å²) in [7, 11) is 0. The summed E-state index contributed by atoms with van der Waals surface area (Å²) in [6, 6.07) is 16.1. The molecule has 0 amide bonds. The van der Waals surface area contributed by atoms with Crippen LogP contribution >= 0.6 is 0 Å². The quantitative estimate of drug-likeness (QED) is 0.605. The second-order valence-corrected chi connectivity index (χ2v) is 6.80. The van der Waals surface area contributed by atoms with Gasteiger partial charge >= 0.3 is 0 Å². The number of hydrogen-bond acceptors (Lipinski definition) is 0. The van der Waals surface area contributed by atoms with E-state index in [2.05, 4.69) is 63.2 Å². The highest BCUT2D eigenvalue weighted by atomic mass is 14.2. The number of hydrogen-bond donors (Lipinski definition) is 0. The van der Waals surface area contributed by atoms with E-state index in [1.165, 1.54) is 53.5 Å². The minimum absolute atomic E-state index is 1.15. The zero-order chi connectivity index (χ0) is 16.2. The van der Waals surface area contributed by atoms with Crippen LogP contribution in [0.25, 0.3) is 5.57 Å². The van der Waals surface area contributed by atoms with Crippen LogP contribution in [0.4, 0.5) is 0 Å². The van der Waals surface area contributed by atoms with Crippen molar-refractivity contribution in [1.29, 1.82) is 0 Å². The van der Waals surface area contributed by atoms with Crippen molar-refractivity contribution < 1.29 is 0 Å². The van der Waals surface area contributed by atoms with E-state index in [1.54, 1.807) is 11.1 Å². The van der Waals surface area contributed by atoms with Crippen LogP contribution in [0.15, 0.2) is 48.0 Å². The molecule has 0 aliphatic heterocycles. The fraction of sp³-hybridized carbons (Fsp3) is 0.391. The molecule has 0 saturated heterocycles. The van der Waals surface area contributed by atoms with E-state index in [0.717, 1.165) is 12.8 Å². The first-order valence-corrected chi connectivity index (χ1v) is 9.14. The zero-order valence-electron chi connectivity index (χ0n) is 14.8. The minimum atomic E-state index is 1.15. The van der Waals surface area contributed by atoms with Crippen molar-refractivity contribution in [3.63, 3.8) is 0 Å². The summed E-state index contributed by atoms with van der Waals surface area (Å²) < 4.78 is 0. The van der Waals surface area contributed by atoms with Crippen LogP contribution < -0.4 is 0 Å². The maximum atomic E-state index is 2.41. The molecule has 23 heavy (non-hydrogen) atoms. The zero-order valence-corrected chi connectivity index (χ0v) is 14.8. The molecule has 2 aromatic rings. The van der Waals surface area contributed by atoms with Gasteiger partial charge in [0.1, 0.15) is 0 Å². The Labute approximate surface area is 141 Å². The van der Waals surface area contributed by atoms with Crippen molar-refractivity contribution in [3.8, 4) is 0 Å². The molecule has 0 heterocycles. The SMILES string of the molecule is CCCC(CCC)=C1c2ccccc2CCc2ccc(C)cc21. The highest BCUT2D eigenvalue weighted by Crippen LogP contribution is 2.38. The Hall–Kier alpha value is -1.82. The van der Waals surface area contributed by atoms with Gasteiger partial charge in [0, 0.05) is 0 Å².